The first kappa shape index (κ1) is 27.1. The molecule has 3 atom stereocenters. The van der Waals surface area contributed by atoms with Crippen LogP contribution in [0.3, 0.4) is 0 Å². The number of likely N-dealkylation sites (tertiary alicyclic amines) is 1. The number of amides is 3. The Morgan fingerprint density at radius 1 is 1.00 bits per heavy atom. The summed E-state index contributed by atoms with van der Waals surface area (Å²) in [4.78, 5) is 51.2. The molecule has 196 valence electrons. The smallest absolute Gasteiger partial charge is 0.326 e. The lowest BCUT2D eigenvalue weighted by atomic mass is 9.93. The molecular weight excluding hydrogens is 515 g/mol. The fraction of sp³-hybridized carbons (Fsp3) is 0.429. The first-order valence-electron chi connectivity index (χ1n) is 12.6. The first-order valence-corrected chi connectivity index (χ1v) is 13.3. The van der Waals surface area contributed by atoms with E-state index in [9.17, 15) is 24.3 Å². The van der Waals surface area contributed by atoms with Crippen LogP contribution < -0.4 is 0 Å². The lowest BCUT2D eigenvalue weighted by Crippen LogP contribution is -2.44. The summed E-state index contributed by atoms with van der Waals surface area (Å²) in [5.41, 5.74) is 3.36. The van der Waals surface area contributed by atoms with Gasteiger partial charge in [0, 0.05) is 32.2 Å². The largest absolute Gasteiger partial charge is 0.480 e. The van der Waals surface area contributed by atoms with Crippen molar-refractivity contribution in [2.45, 2.75) is 69.4 Å². The topological polar surface area (TPSA) is 95.0 Å². The molecule has 0 aromatic heterocycles. The van der Waals surface area contributed by atoms with Gasteiger partial charge < -0.3 is 10.0 Å². The molecule has 37 heavy (non-hydrogen) atoms. The van der Waals surface area contributed by atoms with E-state index in [0.717, 1.165) is 22.4 Å². The van der Waals surface area contributed by atoms with Crippen LogP contribution in [0.1, 0.15) is 80.0 Å². The van der Waals surface area contributed by atoms with Gasteiger partial charge in [-0.2, -0.15) is 0 Å². The zero-order chi connectivity index (χ0) is 26.7. The second-order valence-electron chi connectivity index (χ2n) is 9.72. The van der Waals surface area contributed by atoms with Crippen LogP contribution in [-0.2, 0) is 19.2 Å². The highest BCUT2D eigenvalue weighted by atomic mass is 35.5. The Kier molecular flexibility index (Phi) is 8.55. The molecule has 9 heteroatoms. The number of imide groups is 1. The highest BCUT2D eigenvalue weighted by molar-refractivity contribution is 6.42. The Morgan fingerprint density at radius 2 is 1.68 bits per heavy atom. The predicted octanol–water partition coefficient (Wildman–Crippen LogP) is 5.58. The van der Waals surface area contributed by atoms with Gasteiger partial charge in [-0.1, -0.05) is 66.4 Å². The van der Waals surface area contributed by atoms with Crippen molar-refractivity contribution < 1.29 is 24.3 Å². The second kappa shape index (κ2) is 11.7. The molecule has 7 nitrogen and oxygen atoms in total. The lowest BCUT2D eigenvalue weighted by Gasteiger charge is -2.26. The summed E-state index contributed by atoms with van der Waals surface area (Å²) in [5, 5.41) is 10.5. The van der Waals surface area contributed by atoms with Crippen molar-refractivity contribution >= 4 is 46.9 Å². The van der Waals surface area contributed by atoms with E-state index < -0.39 is 23.8 Å². The van der Waals surface area contributed by atoms with Crippen LogP contribution >= 0.6 is 23.2 Å². The van der Waals surface area contributed by atoms with Gasteiger partial charge >= 0.3 is 5.97 Å². The van der Waals surface area contributed by atoms with Crippen molar-refractivity contribution in [2.75, 3.05) is 7.05 Å². The van der Waals surface area contributed by atoms with Gasteiger partial charge in [-0.3, -0.25) is 19.3 Å². The summed E-state index contributed by atoms with van der Waals surface area (Å²) in [6.45, 7) is 0. The number of unbranched alkanes of at least 4 members (excludes halogenated alkanes) is 2. The average molecular weight is 545 g/mol. The van der Waals surface area contributed by atoms with Crippen molar-refractivity contribution in [3.63, 3.8) is 0 Å². The monoisotopic (exact) mass is 544 g/mol. The number of nitrogens with zero attached hydrogens (tertiary/aromatic N) is 2. The summed E-state index contributed by atoms with van der Waals surface area (Å²) >= 11 is 12.4. The zero-order valence-corrected chi connectivity index (χ0v) is 22.2. The molecule has 1 unspecified atom stereocenters. The highest BCUT2D eigenvalue weighted by Crippen LogP contribution is 2.47. The number of hydrogen-bond acceptors (Lipinski definition) is 4. The Balaban J connectivity index is 1.33. The van der Waals surface area contributed by atoms with Gasteiger partial charge in [-0.25, -0.2) is 4.79 Å². The van der Waals surface area contributed by atoms with Gasteiger partial charge in [0.25, 0.3) is 0 Å². The maximum absolute atomic E-state index is 13.1. The molecule has 1 saturated heterocycles. The van der Waals surface area contributed by atoms with Crippen LogP contribution in [-0.4, -0.2) is 51.7 Å². The molecule has 0 saturated carbocycles. The molecule has 2 aromatic carbocycles. The van der Waals surface area contributed by atoms with Crippen LogP contribution in [0.15, 0.2) is 42.5 Å². The predicted molar refractivity (Wildman–Crippen MR) is 140 cm³/mol. The third-order valence-corrected chi connectivity index (χ3v) is 8.19. The summed E-state index contributed by atoms with van der Waals surface area (Å²) in [7, 11) is 1.83. The maximum Gasteiger partial charge on any atom is 0.326 e. The number of aliphatic carboxylic acids is 1. The third-order valence-electron chi connectivity index (χ3n) is 7.45. The number of carbonyl (C=O) groups is 4. The van der Waals surface area contributed by atoms with E-state index >= 15 is 0 Å². The van der Waals surface area contributed by atoms with Gasteiger partial charge in [-0.15, -0.1) is 0 Å². The fourth-order valence-corrected chi connectivity index (χ4v) is 5.77. The first-order chi connectivity index (χ1) is 17.7. The normalized spacial score (nSPS) is 19.7. The number of benzene rings is 2. The van der Waals surface area contributed by atoms with E-state index in [-0.39, 0.29) is 37.1 Å². The minimum absolute atomic E-state index is 0.0225. The number of carbonyl (C=O) groups excluding carboxylic acids is 3. The van der Waals surface area contributed by atoms with Gasteiger partial charge in [0.1, 0.15) is 6.04 Å². The van der Waals surface area contributed by atoms with Crippen LogP contribution in [0.5, 0.6) is 0 Å². The highest BCUT2D eigenvalue weighted by Gasteiger charge is 2.38. The number of rotatable bonds is 10. The van der Waals surface area contributed by atoms with Crippen molar-refractivity contribution in [2.24, 2.45) is 0 Å². The number of carboxylic acids is 1. The fourth-order valence-electron chi connectivity index (χ4n) is 5.47. The second-order valence-corrected chi connectivity index (χ2v) is 10.5. The minimum atomic E-state index is -1.17. The molecule has 1 aliphatic carbocycles. The Hall–Kier alpha value is -2.90. The molecule has 1 heterocycles. The number of fused-ring (bicyclic) bond motifs is 1. The maximum atomic E-state index is 13.1. The SMILES string of the molecule is CN(C(=O)CCCCCC(C(=O)O)N1C(=O)CCC1=O)[C@@H]1C[C@@H](c2ccc(Cl)c(Cl)c2)c2ccccc21. The lowest BCUT2D eigenvalue weighted by molar-refractivity contribution is -0.154. The van der Waals surface area contributed by atoms with E-state index in [1.807, 2.05) is 31.3 Å². The summed E-state index contributed by atoms with van der Waals surface area (Å²) in [5.74, 6) is -1.89. The number of hydrogen-bond donors (Lipinski definition) is 1. The van der Waals surface area contributed by atoms with Crippen LogP contribution in [0, 0.1) is 0 Å². The summed E-state index contributed by atoms with van der Waals surface area (Å²) < 4.78 is 0. The van der Waals surface area contributed by atoms with Crippen LogP contribution in [0.2, 0.25) is 10.0 Å². The average Bonchev–Trinajstić information content (AvgIpc) is 3.42. The summed E-state index contributed by atoms with van der Waals surface area (Å²) in [6, 6.07) is 12.6. The Morgan fingerprint density at radius 3 is 2.32 bits per heavy atom. The molecule has 2 aliphatic rings. The molecule has 0 spiro atoms. The van der Waals surface area contributed by atoms with E-state index in [0.29, 0.717) is 35.7 Å². The van der Waals surface area contributed by atoms with E-state index in [2.05, 4.69) is 12.1 Å². The van der Waals surface area contributed by atoms with E-state index in [4.69, 9.17) is 23.2 Å². The molecule has 2 aromatic rings. The van der Waals surface area contributed by atoms with Crippen molar-refractivity contribution in [3.05, 3.63) is 69.2 Å². The zero-order valence-electron chi connectivity index (χ0n) is 20.7. The minimum Gasteiger partial charge on any atom is -0.480 e. The van der Waals surface area contributed by atoms with Crippen LogP contribution in [0.4, 0.5) is 0 Å². The molecule has 1 N–H and O–H groups in total. The van der Waals surface area contributed by atoms with Gasteiger partial charge in [0.15, 0.2) is 0 Å². The number of halogens is 2. The molecule has 1 aliphatic heterocycles. The molecular formula is C28H30Cl2N2O5. The molecule has 0 radical (unpaired) electrons. The Labute approximate surface area is 226 Å². The molecule has 3 amide bonds. The third kappa shape index (κ3) is 5.83. The Bertz CT molecular complexity index is 1200. The molecule has 4 rings (SSSR count). The summed E-state index contributed by atoms with van der Waals surface area (Å²) in [6.07, 6.45) is 3.16. The van der Waals surface area contributed by atoms with Crippen molar-refractivity contribution in [3.8, 4) is 0 Å². The van der Waals surface area contributed by atoms with Gasteiger partial charge in [0.2, 0.25) is 17.7 Å². The standard InChI is InChI=1S/C28H30Cl2N2O5/c1-31(25(33)10-4-2-3-9-23(28(36)37)32-26(34)13-14-27(32)35)24-16-20(18-7-5-6-8-19(18)24)17-11-12-21(29)22(30)15-17/h5-8,11-12,15,20,23-24H,2-4,9-10,13-14,16H2,1H3,(H,36,37)/t20-,23?,24+/m0/s1. The van der Waals surface area contributed by atoms with Crippen molar-refractivity contribution in [1.82, 2.24) is 9.80 Å². The number of carboxylic acid groups (broad SMARTS) is 1. The van der Waals surface area contributed by atoms with Gasteiger partial charge in [0.05, 0.1) is 16.1 Å². The quantitative estimate of drug-likeness (QED) is 0.311. The van der Waals surface area contributed by atoms with E-state index in [1.54, 1.807) is 11.0 Å². The molecule has 0 bridgehead atoms. The van der Waals surface area contributed by atoms with Crippen molar-refractivity contribution in [1.29, 1.82) is 0 Å². The van der Waals surface area contributed by atoms with Gasteiger partial charge in [-0.05, 0) is 48.1 Å². The molecule has 1 fully saturated rings. The van der Waals surface area contributed by atoms with E-state index in [1.165, 1.54) is 5.56 Å². The van der Waals surface area contributed by atoms with Crippen LogP contribution in [0.25, 0.3) is 0 Å².